The summed E-state index contributed by atoms with van der Waals surface area (Å²) >= 11 is 1.49. The summed E-state index contributed by atoms with van der Waals surface area (Å²) in [5.74, 6) is 0.962. The van der Waals surface area contributed by atoms with E-state index < -0.39 is 5.97 Å². The molecule has 0 aliphatic heterocycles. The Balaban J connectivity index is 1.88. The predicted molar refractivity (Wildman–Crippen MR) is 95.6 cm³/mol. The van der Waals surface area contributed by atoms with Crippen LogP contribution in [0.3, 0.4) is 0 Å². The monoisotopic (exact) mass is 342 g/mol. The quantitative estimate of drug-likeness (QED) is 0.623. The molecule has 2 aromatic rings. The summed E-state index contributed by atoms with van der Waals surface area (Å²) in [5.41, 5.74) is 1.98. The molecule has 1 N–H and O–H groups in total. The van der Waals surface area contributed by atoms with E-state index in [0.29, 0.717) is 22.4 Å². The van der Waals surface area contributed by atoms with Crippen LogP contribution in [0.1, 0.15) is 65.5 Å². The summed E-state index contributed by atoms with van der Waals surface area (Å²) in [5, 5.41) is 10.1. The number of hydrogen-bond donors (Lipinski definition) is 1. The van der Waals surface area contributed by atoms with Gasteiger partial charge in [0, 0.05) is 11.7 Å². The fraction of sp³-hybridized carbons (Fsp3) is 0.421. The first kappa shape index (κ1) is 17.0. The third-order valence-corrected chi connectivity index (χ3v) is 5.52. The van der Waals surface area contributed by atoms with Crippen molar-refractivity contribution in [1.29, 1.82) is 0 Å². The second-order valence-corrected chi connectivity index (χ2v) is 7.23. The molecule has 126 valence electrons. The minimum absolute atomic E-state index is 0.246. The highest BCUT2D eigenvalue weighted by molar-refractivity contribution is 7.98. The Hall–Kier alpha value is -1.88. The first-order chi connectivity index (χ1) is 11.6. The standard InChI is InChI=1S/C19H22N2O2S/c1-13-16(19(22)23)18(24-12-14-8-4-2-5-9-14)21-17(20-13)15-10-6-3-7-11-15/h2,4-5,8-9,15H,3,6-7,10-12H2,1H3,(H,22,23). The lowest BCUT2D eigenvalue weighted by Gasteiger charge is -2.21. The molecule has 3 rings (SSSR count). The summed E-state index contributed by atoms with van der Waals surface area (Å²) in [6.45, 7) is 1.78. The van der Waals surface area contributed by atoms with Gasteiger partial charge >= 0.3 is 5.97 Å². The van der Waals surface area contributed by atoms with Crippen molar-refractivity contribution < 1.29 is 9.90 Å². The molecule has 24 heavy (non-hydrogen) atoms. The van der Waals surface area contributed by atoms with Gasteiger partial charge in [0.1, 0.15) is 16.4 Å². The Kier molecular flexibility index (Phi) is 5.51. The van der Waals surface area contributed by atoms with E-state index in [0.717, 1.165) is 24.2 Å². The van der Waals surface area contributed by atoms with Crippen molar-refractivity contribution >= 4 is 17.7 Å². The van der Waals surface area contributed by atoms with E-state index in [-0.39, 0.29) is 5.56 Å². The Morgan fingerprint density at radius 2 is 1.88 bits per heavy atom. The molecule has 1 aromatic carbocycles. The van der Waals surface area contributed by atoms with Gasteiger partial charge in [0.15, 0.2) is 0 Å². The van der Waals surface area contributed by atoms with Crippen molar-refractivity contribution in [3.63, 3.8) is 0 Å². The molecule has 1 heterocycles. The normalized spacial score (nSPS) is 15.4. The number of hydrogen-bond acceptors (Lipinski definition) is 4. The molecule has 0 saturated heterocycles. The Bertz CT molecular complexity index is 713. The minimum atomic E-state index is -0.946. The van der Waals surface area contributed by atoms with Crippen LogP contribution < -0.4 is 0 Å². The number of carboxylic acid groups (broad SMARTS) is 1. The fourth-order valence-corrected chi connectivity index (χ4v) is 4.22. The second-order valence-electron chi connectivity index (χ2n) is 6.26. The van der Waals surface area contributed by atoms with Crippen molar-refractivity contribution in [3.8, 4) is 0 Å². The van der Waals surface area contributed by atoms with Gasteiger partial charge in [0.05, 0.1) is 5.69 Å². The largest absolute Gasteiger partial charge is 0.478 e. The van der Waals surface area contributed by atoms with Gasteiger partial charge < -0.3 is 5.11 Å². The highest BCUT2D eigenvalue weighted by Gasteiger charge is 2.23. The fourth-order valence-electron chi connectivity index (χ4n) is 3.19. The Morgan fingerprint density at radius 3 is 2.54 bits per heavy atom. The number of aromatic nitrogens is 2. The zero-order valence-corrected chi connectivity index (χ0v) is 14.7. The summed E-state index contributed by atoms with van der Waals surface area (Å²) < 4.78 is 0. The number of benzene rings is 1. The van der Waals surface area contributed by atoms with Gasteiger partial charge in [-0.15, -0.1) is 11.8 Å². The van der Waals surface area contributed by atoms with Crippen LogP contribution in [-0.4, -0.2) is 21.0 Å². The molecule has 1 aliphatic carbocycles. The molecule has 4 nitrogen and oxygen atoms in total. The van der Waals surface area contributed by atoms with Gasteiger partial charge in [-0.2, -0.15) is 0 Å². The van der Waals surface area contributed by atoms with Crippen molar-refractivity contribution in [1.82, 2.24) is 9.97 Å². The lowest BCUT2D eigenvalue weighted by molar-refractivity contribution is 0.0690. The van der Waals surface area contributed by atoms with Crippen molar-refractivity contribution in [2.24, 2.45) is 0 Å². The lowest BCUT2D eigenvalue weighted by Crippen LogP contribution is -2.14. The summed E-state index contributed by atoms with van der Waals surface area (Å²) in [6, 6.07) is 10.1. The number of rotatable bonds is 5. The van der Waals surface area contributed by atoms with E-state index in [1.54, 1.807) is 6.92 Å². The molecular formula is C19H22N2O2S. The number of nitrogens with zero attached hydrogens (tertiary/aromatic N) is 2. The van der Waals surface area contributed by atoms with Crippen LogP contribution in [0.25, 0.3) is 0 Å². The molecule has 0 radical (unpaired) electrons. The number of carbonyl (C=O) groups is 1. The van der Waals surface area contributed by atoms with E-state index in [2.05, 4.69) is 9.97 Å². The number of carboxylic acids is 1. The first-order valence-electron chi connectivity index (χ1n) is 8.43. The van der Waals surface area contributed by atoms with E-state index in [4.69, 9.17) is 0 Å². The molecule has 0 unspecified atom stereocenters. The Morgan fingerprint density at radius 1 is 1.17 bits per heavy atom. The highest BCUT2D eigenvalue weighted by Crippen LogP contribution is 2.33. The van der Waals surface area contributed by atoms with Crippen LogP contribution in [-0.2, 0) is 5.75 Å². The number of aryl methyl sites for hydroxylation is 1. The molecule has 0 bridgehead atoms. The second kappa shape index (κ2) is 7.79. The van der Waals surface area contributed by atoms with Crippen LogP contribution >= 0.6 is 11.8 Å². The van der Waals surface area contributed by atoms with Gasteiger partial charge in [-0.1, -0.05) is 49.6 Å². The molecule has 0 spiro atoms. The molecule has 1 saturated carbocycles. The van der Waals surface area contributed by atoms with Crippen LogP contribution in [0.2, 0.25) is 0 Å². The minimum Gasteiger partial charge on any atom is -0.478 e. The zero-order chi connectivity index (χ0) is 16.9. The molecule has 5 heteroatoms. The van der Waals surface area contributed by atoms with E-state index in [9.17, 15) is 9.90 Å². The maximum atomic E-state index is 11.6. The molecule has 1 fully saturated rings. The van der Waals surface area contributed by atoms with E-state index >= 15 is 0 Å². The van der Waals surface area contributed by atoms with E-state index in [1.807, 2.05) is 30.3 Å². The smallest absolute Gasteiger partial charge is 0.340 e. The first-order valence-corrected chi connectivity index (χ1v) is 9.42. The van der Waals surface area contributed by atoms with Crippen LogP contribution in [0.15, 0.2) is 35.4 Å². The summed E-state index contributed by atoms with van der Waals surface area (Å²) in [6.07, 6.45) is 5.90. The van der Waals surface area contributed by atoms with Crippen molar-refractivity contribution in [2.75, 3.05) is 0 Å². The maximum absolute atomic E-state index is 11.6. The van der Waals surface area contributed by atoms with Crippen LogP contribution in [0.5, 0.6) is 0 Å². The zero-order valence-electron chi connectivity index (χ0n) is 13.9. The van der Waals surface area contributed by atoms with E-state index in [1.165, 1.54) is 31.0 Å². The average Bonchev–Trinajstić information content (AvgIpc) is 2.60. The lowest BCUT2D eigenvalue weighted by atomic mass is 9.88. The third kappa shape index (κ3) is 3.96. The highest BCUT2D eigenvalue weighted by atomic mass is 32.2. The molecular weight excluding hydrogens is 320 g/mol. The average molecular weight is 342 g/mol. The summed E-state index contributed by atoms with van der Waals surface area (Å²) in [4.78, 5) is 20.8. The van der Waals surface area contributed by atoms with Gasteiger partial charge in [0.25, 0.3) is 0 Å². The Labute approximate surface area is 146 Å². The van der Waals surface area contributed by atoms with Gasteiger partial charge in [0.2, 0.25) is 0 Å². The predicted octanol–water partition coefficient (Wildman–Crippen LogP) is 4.82. The van der Waals surface area contributed by atoms with Crippen molar-refractivity contribution in [3.05, 3.63) is 53.0 Å². The van der Waals surface area contributed by atoms with Crippen molar-refractivity contribution in [2.45, 2.75) is 55.7 Å². The topological polar surface area (TPSA) is 63.1 Å². The molecule has 0 amide bonds. The van der Waals surface area contributed by atoms with Gasteiger partial charge in [-0.25, -0.2) is 14.8 Å². The number of thioether (sulfide) groups is 1. The SMILES string of the molecule is Cc1nc(C2CCCCC2)nc(SCc2ccccc2)c1C(=O)O. The molecule has 1 aromatic heterocycles. The maximum Gasteiger partial charge on any atom is 0.340 e. The molecule has 1 aliphatic rings. The van der Waals surface area contributed by atoms with Crippen LogP contribution in [0.4, 0.5) is 0 Å². The van der Waals surface area contributed by atoms with Gasteiger partial charge in [-0.05, 0) is 25.3 Å². The summed E-state index contributed by atoms with van der Waals surface area (Å²) in [7, 11) is 0. The molecule has 0 atom stereocenters. The van der Waals surface area contributed by atoms with Gasteiger partial charge in [-0.3, -0.25) is 0 Å². The number of aromatic carboxylic acids is 1. The van der Waals surface area contributed by atoms with Crippen LogP contribution in [0, 0.1) is 6.92 Å². The third-order valence-electron chi connectivity index (χ3n) is 4.48.